The van der Waals surface area contributed by atoms with Crippen molar-refractivity contribution in [1.29, 1.82) is 0 Å². The molecule has 0 heterocycles. The number of hydrogen-bond donors (Lipinski definition) is 2. The van der Waals surface area contributed by atoms with Gasteiger partial charge in [-0.15, -0.1) is 0 Å². The average Bonchev–Trinajstić information content (AvgIpc) is 2.18. The van der Waals surface area contributed by atoms with Gasteiger partial charge in [-0.3, -0.25) is 0 Å². The third-order valence-corrected chi connectivity index (χ3v) is 1.71. The molecular formula is C9H18F3NO3. The minimum absolute atomic E-state index is 0.0857. The van der Waals surface area contributed by atoms with Gasteiger partial charge in [0.05, 0.1) is 32.3 Å². The largest absolute Gasteiger partial charge is 0.390 e. The lowest BCUT2D eigenvalue weighted by Gasteiger charge is -2.12. The maximum Gasteiger partial charge on any atom is 0.390 e. The van der Waals surface area contributed by atoms with Crippen molar-refractivity contribution in [3.63, 3.8) is 0 Å². The van der Waals surface area contributed by atoms with Crippen LogP contribution < -0.4 is 5.32 Å². The van der Waals surface area contributed by atoms with E-state index >= 15 is 0 Å². The summed E-state index contributed by atoms with van der Waals surface area (Å²) >= 11 is 0. The van der Waals surface area contributed by atoms with Crippen molar-refractivity contribution in [1.82, 2.24) is 5.32 Å². The fraction of sp³-hybridized carbons (Fsp3) is 1.00. The first-order valence-corrected chi connectivity index (χ1v) is 4.98. The summed E-state index contributed by atoms with van der Waals surface area (Å²) in [6.07, 6.45) is -5.86. The number of ether oxygens (including phenoxy) is 2. The predicted octanol–water partition coefficient (Wildman–Crippen LogP) is 0.552. The molecule has 16 heavy (non-hydrogen) atoms. The van der Waals surface area contributed by atoms with E-state index in [0.29, 0.717) is 13.2 Å². The maximum absolute atomic E-state index is 11.7. The van der Waals surface area contributed by atoms with Crippen LogP contribution >= 0.6 is 0 Å². The zero-order valence-electron chi connectivity index (χ0n) is 9.22. The van der Waals surface area contributed by atoms with Gasteiger partial charge < -0.3 is 19.9 Å². The van der Waals surface area contributed by atoms with Gasteiger partial charge in [-0.25, -0.2) is 0 Å². The highest BCUT2D eigenvalue weighted by Crippen LogP contribution is 2.17. The third kappa shape index (κ3) is 11.7. The van der Waals surface area contributed by atoms with Crippen LogP contribution in [0.15, 0.2) is 0 Å². The lowest BCUT2D eigenvalue weighted by Crippen LogP contribution is -2.32. The van der Waals surface area contributed by atoms with Crippen molar-refractivity contribution < 1.29 is 27.8 Å². The Morgan fingerprint density at radius 2 is 2.00 bits per heavy atom. The minimum atomic E-state index is -4.16. The third-order valence-electron chi connectivity index (χ3n) is 1.71. The summed E-state index contributed by atoms with van der Waals surface area (Å²) < 4.78 is 44.9. The van der Waals surface area contributed by atoms with Crippen molar-refractivity contribution in [2.45, 2.75) is 18.7 Å². The van der Waals surface area contributed by atoms with E-state index in [1.165, 1.54) is 7.11 Å². The van der Waals surface area contributed by atoms with Gasteiger partial charge in [-0.2, -0.15) is 13.2 Å². The van der Waals surface area contributed by atoms with Gasteiger partial charge in [0.2, 0.25) is 0 Å². The molecule has 0 spiro atoms. The van der Waals surface area contributed by atoms with Crippen molar-refractivity contribution >= 4 is 0 Å². The first kappa shape index (κ1) is 15.6. The molecule has 0 aliphatic rings. The number of aliphatic hydroxyl groups is 1. The molecule has 0 bridgehead atoms. The van der Waals surface area contributed by atoms with E-state index in [-0.39, 0.29) is 19.7 Å². The number of aliphatic hydroxyl groups excluding tert-OH is 1. The maximum atomic E-state index is 11.7. The Morgan fingerprint density at radius 1 is 1.31 bits per heavy atom. The van der Waals surface area contributed by atoms with Crippen molar-refractivity contribution in [2.24, 2.45) is 0 Å². The fourth-order valence-electron chi connectivity index (χ4n) is 0.919. The Labute approximate surface area is 92.7 Å². The van der Waals surface area contributed by atoms with Gasteiger partial charge in [-0.1, -0.05) is 0 Å². The Morgan fingerprint density at radius 3 is 2.56 bits per heavy atom. The Balaban J connectivity index is 3.27. The van der Waals surface area contributed by atoms with Crippen LogP contribution in [-0.4, -0.2) is 57.4 Å². The molecule has 0 rings (SSSR count). The molecule has 0 aliphatic heterocycles. The van der Waals surface area contributed by atoms with E-state index in [1.54, 1.807) is 0 Å². The second-order valence-electron chi connectivity index (χ2n) is 3.29. The van der Waals surface area contributed by atoms with Crippen LogP contribution in [0.2, 0.25) is 0 Å². The monoisotopic (exact) mass is 245 g/mol. The van der Waals surface area contributed by atoms with E-state index in [9.17, 15) is 18.3 Å². The number of halogens is 3. The summed E-state index contributed by atoms with van der Waals surface area (Å²) in [4.78, 5) is 0. The molecule has 1 atom stereocenters. The molecule has 0 aromatic rings. The molecule has 0 aromatic carbocycles. The lowest BCUT2D eigenvalue weighted by molar-refractivity contribution is -0.133. The molecule has 2 N–H and O–H groups in total. The molecule has 0 saturated carbocycles. The highest BCUT2D eigenvalue weighted by molar-refractivity contribution is 4.60. The van der Waals surface area contributed by atoms with Crippen LogP contribution in [0, 0.1) is 0 Å². The van der Waals surface area contributed by atoms with E-state index in [1.807, 2.05) is 0 Å². The Bertz CT molecular complexity index is 167. The highest BCUT2D eigenvalue weighted by atomic mass is 19.4. The van der Waals surface area contributed by atoms with Crippen LogP contribution in [0.1, 0.15) is 6.42 Å². The van der Waals surface area contributed by atoms with Gasteiger partial charge in [-0.05, 0) is 0 Å². The fourth-order valence-corrected chi connectivity index (χ4v) is 0.919. The van der Waals surface area contributed by atoms with Crippen molar-refractivity contribution in [2.75, 3.05) is 40.0 Å². The topological polar surface area (TPSA) is 50.7 Å². The summed E-state index contributed by atoms with van der Waals surface area (Å²) in [7, 11) is 1.53. The molecule has 4 nitrogen and oxygen atoms in total. The van der Waals surface area contributed by atoms with Gasteiger partial charge in [0.25, 0.3) is 0 Å². The zero-order valence-corrected chi connectivity index (χ0v) is 9.22. The molecule has 0 aliphatic carbocycles. The molecular weight excluding hydrogens is 227 g/mol. The van der Waals surface area contributed by atoms with Gasteiger partial charge in [0, 0.05) is 20.2 Å². The SMILES string of the molecule is COCCOCC(O)CNCCC(F)(F)F. The molecule has 0 aromatic heterocycles. The number of alkyl halides is 3. The van der Waals surface area contributed by atoms with Gasteiger partial charge >= 0.3 is 6.18 Å². The summed E-state index contributed by atoms with van der Waals surface area (Å²) in [6.45, 7) is 0.758. The number of rotatable bonds is 9. The highest BCUT2D eigenvalue weighted by Gasteiger charge is 2.25. The Kier molecular flexibility index (Phi) is 8.54. The predicted molar refractivity (Wildman–Crippen MR) is 52.2 cm³/mol. The second-order valence-corrected chi connectivity index (χ2v) is 3.29. The van der Waals surface area contributed by atoms with Crippen molar-refractivity contribution in [3.8, 4) is 0 Å². The first-order valence-electron chi connectivity index (χ1n) is 4.98. The van der Waals surface area contributed by atoms with E-state index in [2.05, 4.69) is 5.32 Å². The molecule has 0 radical (unpaired) electrons. The standard InChI is InChI=1S/C9H18F3NO3/c1-15-4-5-16-7-8(14)6-13-3-2-9(10,11)12/h8,13-14H,2-7H2,1H3. The number of methoxy groups -OCH3 is 1. The van der Waals surface area contributed by atoms with Crippen LogP contribution in [0.5, 0.6) is 0 Å². The quantitative estimate of drug-likeness (QED) is 0.583. The van der Waals surface area contributed by atoms with Crippen LogP contribution in [-0.2, 0) is 9.47 Å². The van der Waals surface area contributed by atoms with Gasteiger partial charge in [0.1, 0.15) is 0 Å². The van der Waals surface area contributed by atoms with Crippen molar-refractivity contribution in [3.05, 3.63) is 0 Å². The van der Waals surface area contributed by atoms with Crippen LogP contribution in [0.25, 0.3) is 0 Å². The summed E-state index contributed by atoms with van der Waals surface area (Å²) in [6, 6.07) is 0. The number of hydrogen-bond acceptors (Lipinski definition) is 4. The molecule has 1 unspecified atom stereocenters. The smallest absolute Gasteiger partial charge is 0.389 e. The molecule has 0 fully saturated rings. The molecule has 98 valence electrons. The second kappa shape index (κ2) is 8.74. The van der Waals surface area contributed by atoms with E-state index < -0.39 is 18.7 Å². The molecule has 0 amide bonds. The summed E-state index contributed by atoms with van der Waals surface area (Å²) in [5.41, 5.74) is 0. The van der Waals surface area contributed by atoms with Crippen LogP contribution in [0.4, 0.5) is 13.2 Å². The number of nitrogens with one attached hydrogen (secondary N) is 1. The summed E-state index contributed by atoms with van der Waals surface area (Å²) in [5, 5.41) is 11.8. The van der Waals surface area contributed by atoms with Crippen LogP contribution in [0.3, 0.4) is 0 Å². The normalized spacial score (nSPS) is 14.1. The molecule has 7 heteroatoms. The lowest BCUT2D eigenvalue weighted by atomic mass is 10.3. The Hall–Kier alpha value is -0.370. The van der Waals surface area contributed by atoms with Gasteiger partial charge in [0.15, 0.2) is 0 Å². The zero-order chi connectivity index (χ0) is 12.4. The first-order chi connectivity index (χ1) is 7.45. The summed E-state index contributed by atoms with van der Waals surface area (Å²) in [5.74, 6) is 0. The molecule has 0 saturated heterocycles. The minimum Gasteiger partial charge on any atom is -0.389 e. The van der Waals surface area contributed by atoms with E-state index in [4.69, 9.17) is 9.47 Å². The van der Waals surface area contributed by atoms with E-state index in [0.717, 1.165) is 0 Å². The average molecular weight is 245 g/mol.